The number of amides is 2. The van der Waals surface area contributed by atoms with Crippen LogP contribution >= 0.6 is 0 Å². The molecule has 6 heteroatoms. The van der Waals surface area contributed by atoms with E-state index in [1.54, 1.807) is 0 Å². The quantitative estimate of drug-likeness (QED) is 0.478. The van der Waals surface area contributed by atoms with Crippen LogP contribution in [-0.2, 0) is 11.2 Å². The minimum absolute atomic E-state index is 0.0433. The predicted molar refractivity (Wildman–Crippen MR) is 134 cm³/mol. The second kappa shape index (κ2) is 10.2. The predicted octanol–water partition coefficient (Wildman–Crippen LogP) is 4.86. The van der Waals surface area contributed by atoms with Crippen molar-refractivity contribution in [3.63, 3.8) is 0 Å². The fourth-order valence-electron chi connectivity index (χ4n) is 5.09. The first-order valence-electron chi connectivity index (χ1n) is 12.3. The highest BCUT2D eigenvalue weighted by Crippen LogP contribution is 2.45. The van der Waals surface area contributed by atoms with Gasteiger partial charge in [-0.3, -0.25) is 9.59 Å². The lowest BCUT2D eigenvalue weighted by Crippen LogP contribution is -2.47. The number of carbonyl (C=O) groups excluding carboxylic acids is 2. The van der Waals surface area contributed by atoms with Gasteiger partial charge in [-0.1, -0.05) is 61.5 Å². The molecule has 5 rings (SSSR count). The molecule has 2 amide bonds. The van der Waals surface area contributed by atoms with Gasteiger partial charge in [-0.2, -0.15) is 0 Å². The standard InChI is InChI=1S/C29H30N2O4/c1-2-17-31-27(21-14-15-24-25(18-21)35-19-34-24)26(22-12-6-7-13-23(22)29(31)33)28(32)30-16-8-11-20-9-4-3-5-10-20/h3-7,9-10,12-15,18,26-27H,2,8,11,16-17,19H2,1H3,(H,30,32)/t26-,27-/m1/s1. The topological polar surface area (TPSA) is 67.9 Å². The normalized spacial score (nSPS) is 18.3. The number of fused-ring (bicyclic) bond motifs is 2. The Kier molecular flexibility index (Phi) is 6.70. The number of hydrogen-bond acceptors (Lipinski definition) is 4. The van der Waals surface area contributed by atoms with Crippen LogP contribution in [0, 0.1) is 0 Å². The summed E-state index contributed by atoms with van der Waals surface area (Å²) in [6, 6.07) is 23.0. The first kappa shape index (κ1) is 23.0. The van der Waals surface area contributed by atoms with Gasteiger partial charge in [0.1, 0.15) is 0 Å². The van der Waals surface area contributed by atoms with E-state index in [1.165, 1.54) is 5.56 Å². The fourth-order valence-corrected chi connectivity index (χ4v) is 5.09. The molecule has 3 aromatic rings. The summed E-state index contributed by atoms with van der Waals surface area (Å²) in [5.74, 6) is 0.695. The lowest BCUT2D eigenvalue weighted by Gasteiger charge is -2.42. The van der Waals surface area contributed by atoms with Gasteiger partial charge < -0.3 is 19.7 Å². The third kappa shape index (κ3) is 4.61. The number of rotatable bonds is 8. The molecule has 180 valence electrons. The van der Waals surface area contributed by atoms with Crippen molar-refractivity contribution < 1.29 is 19.1 Å². The van der Waals surface area contributed by atoms with Crippen LogP contribution < -0.4 is 14.8 Å². The number of nitrogens with zero attached hydrogens (tertiary/aromatic N) is 1. The van der Waals surface area contributed by atoms with Crippen molar-refractivity contribution in [1.29, 1.82) is 0 Å². The lowest BCUT2D eigenvalue weighted by molar-refractivity contribution is -0.124. The monoisotopic (exact) mass is 470 g/mol. The van der Waals surface area contributed by atoms with Crippen molar-refractivity contribution in [2.45, 2.75) is 38.1 Å². The van der Waals surface area contributed by atoms with Crippen LogP contribution in [0.1, 0.15) is 58.8 Å². The minimum atomic E-state index is -0.521. The van der Waals surface area contributed by atoms with Crippen LogP contribution in [-0.4, -0.2) is 36.6 Å². The first-order valence-corrected chi connectivity index (χ1v) is 12.3. The molecule has 2 atom stereocenters. The Morgan fingerprint density at radius 3 is 2.60 bits per heavy atom. The molecule has 2 heterocycles. The zero-order valence-electron chi connectivity index (χ0n) is 19.9. The molecule has 0 unspecified atom stereocenters. The smallest absolute Gasteiger partial charge is 0.254 e. The molecule has 2 aliphatic heterocycles. The molecule has 0 radical (unpaired) electrons. The molecule has 0 saturated carbocycles. The van der Waals surface area contributed by atoms with E-state index in [0.29, 0.717) is 30.2 Å². The molecular weight excluding hydrogens is 440 g/mol. The zero-order chi connectivity index (χ0) is 24.2. The first-order chi connectivity index (χ1) is 17.2. The van der Waals surface area contributed by atoms with Gasteiger partial charge in [0, 0.05) is 18.7 Å². The Balaban J connectivity index is 1.45. The number of aryl methyl sites for hydroxylation is 1. The van der Waals surface area contributed by atoms with Crippen LogP contribution in [0.25, 0.3) is 0 Å². The van der Waals surface area contributed by atoms with Crippen LogP contribution in [0.15, 0.2) is 72.8 Å². The molecular formula is C29H30N2O4. The van der Waals surface area contributed by atoms with E-state index in [1.807, 2.05) is 72.5 Å². The van der Waals surface area contributed by atoms with Gasteiger partial charge in [0.25, 0.3) is 5.91 Å². The molecule has 0 bridgehead atoms. The summed E-state index contributed by atoms with van der Waals surface area (Å²) in [5, 5.41) is 3.16. The molecule has 35 heavy (non-hydrogen) atoms. The maximum absolute atomic E-state index is 13.7. The molecule has 0 fully saturated rings. The van der Waals surface area contributed by atoms with Gasteiger partial charge in [0.05, 0.1) is 12.0 Å². The van der Waals surface area contributed by atoms with Crippen molar-refractivity contribution in [3.8, 4) is 11.5 Å². The number of ether oxygens (including phenoxy) is 2. The molecule has 6 nitrogen and oxygen atoms in total. The maximum atomic E-state index is 13.7. The molecule has 0 saturated heterocycles. The third-order valence-electron chi connectivity index (χ3n) is 6.71. The highest BCUT2D eigenvalue weighted by atomic mass is 16.7. The van der Waals surface area contributed by atoms with E-state index in [2.05, 4.69) is 17.4 Å². The summed E-state index contributed by atoms with van der Waals surface area (Å²) >= 11 is 0. The molecule has 0 aromatic heterocycles. The van der Waals surface area contributed by atoms with Gasteiger partial charge in [0.15, 0.2) is 11.5 Å². The number of carbonyl (C=O) groups is 2. The SMILES string of the molecule is CCCN1C(=O)c2ccccc2[C@@H](C(=O)NCCCc2ccccc2)[C@H]1c1ccc2c(c1)OCO2. The lowest BCUT2D eigenvalue weighted by atomic mass is 9.79. The largest absolute Gasteiger partial charge is 0.454 e. The van der Waals surface area contributed by atoms with Crippen molar-refractivity contribution in [3.05, 3.63) is 95.1 Å². The van der Waals surface area contributed by atoms with E-state index in [4.69, 9.17) is 9.47 Å². The summed E-state index contributed by atoms with van der Waals surface area (Å²) < 4.78 is 11.1. The van der Waals surface area contributed by atoms with Crippen molar-refractivity contribution in [2.24, 2.45) is 0 Å². The third-order valence-corrected chi connectivity index (χ3v) is 6.71. The van der Waals surface area contributed by atoms with E-state index in [0.717, 1.165) is 30.4 Å². The summed E-state index contributed by atoms with van der Waals surface area (Å²) in [7, 11) is 0. The molecule has 1 N–H and O–H groups in total. The number of hydrogen-bond donors (Lipinski definition) is 1. The van der Waals surface area contributed by atoms with Crippen molar-refractivity contribution >= 4 is 11.8 Å². The van der Waals surface area contributed by atoms with Gasteiger partial charge in [-0.25, -0.2) is 0 Å². The Bertz CT molecular complexity index is 1210. The van der Waals surface area contributed by atoms with Crippen LogP contribution in [0.3, 0.4) is 0 Å². The van der Waals surface area contributed by atoms with Gasteiger partial charge in [0.2, 0.25) is 12.7 Å². The average Bonchev–Trinajstić information content (AvgIpc) is 3.36. The summed E-state index contributed by atoms with van der Waals surface area (Å²) in [5.41, 5.74) is 3.49. The Morgan fingerprint density at radius 1 is 1.00 bits per heavy atom. The van der Waals surface area contributed by atoms with E-state index >= 15 is 0 Å². The van der Waals surface area contributed by atoms with E-state index in [9.17, 15) is 9.59 Å². The number of benzene rings is 3. The highest BCUT2D eigenvalue weighted by molar-refractivity contribution is 6.01. The van der Waals surface area contributed by atoms with Crippen LogP contribution in [0.4, 0.5) is 0 Å². The Labute approximate surface area is 205 Å². The molecule has 2 aliphatic rings. The summed E-state index contributed by atoms with van der Waals surface area (Å²) in [6.45, 7) is 3.35. The van der Waals surface area contributed by atoms with Crippen molar-refractivity contribution in [2.75, 3.05) is 19.9 Å². The van der Waals surface area contributed by atoms with Gasteiger partial charge in [-0.05, 0) is 54.2 Å². The molecule has 0 spiro atoms. The second-order valence-electron chi connectivity index (χ2n) is 9.00. The summed E-state index contributed by atoms with van der Waals surface area (Å²) in [6.07, 6.45) is 2.53. The second-order valence-corrected chi connectivity index (χ2v) is 9.00. The maximum Gasteiger partial charge on any atom is 0.254 e. The molecule has 0 aliphatic carbocycles. The Hall–Kier alpha value is -3.80. The zero-order valence-corrected chi connectivity index (χ0v) is 19.9. The molecule has 3 aromatic carbocycles. The van der Waals surface area contributed by atoms with Crippen LogP contribution in [0.5, 0.6) is 11.5 Å². The summed E-state index contributed by atoms with van der Waals surface area (Å²) in [4.78, 5) is 29.1. The van der Waals surface area contributed by atoms with Gasteiger partial charge in [-0.15, -0.1) is 0 Å². The van der Waals surface area contributed by atoms with E-state index < -0.39 is 12.0 Å². The Morgan fingerprint density at radius 2 is 1.77 bits per heavy atom. The van der Waals surface area contributed by atoms with E-state index in [-0.39, 0.29) is 18.6 Å². The van der Waals surface area contributed by atoms with Gasteiger partial charge >= 0.3 is 0 Å². The van der Waals surface area contributed by atoms with Crippen LogP contribution in [0.2, 0.25) is 0 Å². The minimum Gasteiger partial charge on any atom is -0.454 e. The average molecular weight is 471 g/mol. The number of nitrogens with one attached hydrogen (secondary N) is 1. The highest BCUT2D eigenvalue weighted by Gasteiger charge is 2.44. The van der Waals surface area contributed by atoms with Crippen molar-refractivity contribution in [1.82, 2.24) is 10.2 Å². The fraction of sp³-hybridized carbons (Fsp3) is 0.310.